The lowest BCUT2D eigenvalue weighted by molar-refractivity contribution is 0.627. The fourth-order valence-corrected chi connectivity index (χ4v) is 1.56. The summed E-state index contributed by atoms with van der Waals surface area (Å²) in [6.45, 7) is 1.78. The van der Waals surface area contributed by atoms with Crippen LogP contribution in [0.2, 0.25) is 0 Å². The first-order chi connectivity index (χ1) is 7.09. The predicted octanol–water partition coefficient (Wildman–Crippen LogP) is 2.38. The van der Waals surface area contributed by atoms with Crippen molar-refractivity contribution in [2.24, 2.45) is 0 Å². The van der Waals surface area contributed by atoms with Gasteiger partial charge in [-0.25, -0.2) is 9.07 Å². The molecule has 0 atom stereocenters. The summed E-state index contributed by atoms with van der Waals surface area (Å²) < 4.78 is 14.5. The van der Waals surface area contributed by atoms with Crippen molar-refractivity contribution in [2.75, 3.05) is 0 Å². The molecule has 1 aromatic heterocycles. The van der Waals surface area contributed by atoms with Gasteiger partial charge in [-0.2, -0.15) is 0 Å². The van der Waals surface area contributed by atoms with Crippen LogP contribution in [0.5, 0.6) is 0 Å². The second-order valence-electron chi connectivity index (χ2n) is 3.17. The minimum absolute atomic E-state index is 0.181. The summed E-state index contributed by atoms with van der Waals surface area (Å²) in [4.78, 5) is 11.7. The van der Waals surface area contributed by atoms with Crippen molar-refractivity contribution in [2.45, 2.75) is 6.92 Å². The van der Waals surface area contributed by atoms with Gasteiger partial charge in [0.25, 0.3) is 5.56 Å². The molecule has 0 saturated heterocycles. The first-order valence-corrected chi connectivity index (χ1v) is 5.12. The molecule has 0 aliphatic heterocycles. The molecule has 0 amide bonds. The van der Waals surface area contributed by atoms with E-state index in [2.05, 4.69) is 21.0 Å². The van der Waals surface area contributed by atoms with Crippen molar-refractivity contribution < 1.29 is 4.39 Å². The largest absolute Gasteiger partial charge is 0.294 e. The molecule has 0 spiro atoms. The first kappa shape index (κ1) is 10.2. The van der Waals surface area contributed by atoms with Crippen LogP contribution in [-0.4, -0.2) is 9.78 Å². The molecule has 3 nitrogen and oxygen atoms in total. The number of aromatic amines is 1. The third-order valence-corrected chi connectivity index (χ3v) is 3.02. The maximum Gasteiger partial charge on any atom is 0.285 e. The number of H-pyrrole nitrogens is 1. The number of aromatic nitrogens is 2. The molecule has 0 aliphatic rings. The molecule has 1 aromatic carbocycles. The molecule has 0 aliphatic carbocycles. The van der Waals surface area contributed by atoms with Gasteiger partial charge in [0.15, 0.2) is 0 Å². The summed E-state index contributed by atoms with van der Waals surface area (Å²) in [7, 11) is 0. The van der Waals surface area contributed by atoms with E-state index in [0.29, 0.717) is 10.2 Å². The molecule has 1 N–H and O–H groups in total. The molecule has 2 aromatic rings. The van der Waals surface area contributed by atoms with E-state index in [9.17, 15) is 9.18 Å². The molecule has 5 heteroatoms. The Morgan fingerprint density at radius 2 is 1.93 bits per heavy atom. The highest BCUT2D eigenvalue weighted by molar-refractivity contribution is 9.10. The predicted molar refractivity (Wildman–Crippen MR) is 58.8 cm³/mol. The highest BCUT2D eigenvalue weighted by Crippen LogP contribution is 2.11. The number of hydrogen-bond acceptors (Lipinski definition) is 1. The number of aryl methyl sites for hydroxylation is 1. The van der Waals surface area contributed by atoms with Gasteiger partial charge in [-0.1, -0.05) is 0 Å². The van der Waals surface area contributed by atoms with E-state index in [4.69, 9.17) is 0 Å². The number of nitrogens with one attached hydrogen (secondary N) is 1. The van der Waals surface area contributed by atoms with E-state index < -0.39 is 0 Å². The van der Waals surface area contributed by atoms with Crippen LogP contribution >= 0.6 is 15.9 Å². The number of halogens is 2. The van der Waals surface area contributed by atoms with Crippen LogP contribution in [0.3, 0.4) is 0 Å². The summed E-state index contributed by atoms with van der Waals surface area (Å²) >= 11 is 3.17. The molecule has 15 heavy (non-hydrogen) atoms. The van der Waals surface area contributed by atoms with Gasteiger partial charge in [-0.3, -0.25) is 9.89 Å². The Morgan fingerprint density at radius 3 is 2.40 bits per heavy atom. The maximum absolute atomic E-state index is 12.7. The maximum atomic E-state index is 12.7. The minimum Gasteiger partial charge on any atom is -0.294 e. The molecule has 78 valence electrons. The lowest BCUT2D eigenvalue weighted by Crippen LogP contribution is -2.14. The van der Waals surface area contributed by atoms with E-state index in [0.717, 1.165) is 5.69 Å². The van der Waals surface area contributed by atoms with E-state index in [1.807, 2.05) is 0 Å². The fourth-order valence-electron chi connectivity index (χ4n) is 1.30. The zero-order chi connectivity index (χ0) is 11.0. The number of rotatable bonds is 1. The van der Waals surface area contributed by atoms with Crippen LogP contribution < -0.4 is 5.56 Å². The average molecular weight is 271 g/mol. The Labute approximate surface area is 93.7 Å². The Bertz CT molecular complexity index is 542. The van der Waals surface area contributed by atoms with E-state index in [1.54, 1.807) is 19.1 Å². The zero-order valence-corrected chi connectivity index (χ0v) is 9.51. The summed E-state index contributed by atoms with van der Waals surface area (Å²) in [5, 5.41) is 2.88. The first-order valence-electron chi connectivity index (χ1n) is 4.32. The molecule has 1 heterocycles. The smallest absolute Gasteiger partial charge is 0.285 e. The van der Waals surface area contributed by atoms with Crippen molar-refractivity contribution in [3.05, 3.63) is 50.6 Å². The van der Waals surface area contributed by atoms with Crippen molar-refractivity contribution in [3.63, 3.8) is 0 Å². The monoisotopic (exact) mass is 270 g/mol. The normalized spacial score (nSPS) is 10.6. The second-order valence-corrected chi connectivity index (χ2v) is 3.96. The van der Waals surface area contributed by atoms with Gasteiger partial charge in [-0.15, -0.1) is 0 Å². The van der Waals surface area contributed by atoms with Crippen LogP contribution in [0.1, 0.15) is 5.69 Å². The molecule has 0 unspecified atom stereocenters. The van der Waals surface area contributed by atoms with Crippen LogP contribution in [0.25, 0.3) is 5.69 Å². The SMILES string of the molecule is Cc1[nH]n(-c2ccc(F)cc2)c(=O)c1Br. The van der Waals surface area contributed by atoms with Gasteiger partial charge in [0.05, 0.1) is 5.69 Å². The molecular formula is C10H8BrFN2O. The highest BCUT2D eigenvalue weighted by atomic mass is 79.9. The number of nitrogens with zero attached hydrogens (tertiary/aromatic N) is 1. The molecule has 0 fully saturated rings. The molecular weight excluding hydrogens is 263 g/mol. The van der Waals surface area contributed by atoms with Crippen molar-refractivity contribution in [1.82, 2.24) is 9.78 Å². The summed E-state index contributed by atoms with van der Waals surface area (Å²) in [6, 6.07) is 5.70. The lowest BCUT2D eigenvalue weighted by atomic mass is 10.3. The van der Waals surface area contributed by atoms with Crippen molar-refractivity contribution >= 4 is 15.9 Å². The summed E-state index contributed by atoms with van der Waals surface area (Å²) in [5.41, 5.74) is 1.17. The third-order valence-electron chi connectivity index (χ3n) is 2.08. The Morgan fingerprint density at radius 1 is 1.33 bits per heavy atom. The van der Waals surface area contributed by atoms with Crippen LogP contribution in [0, 0.1) is 12.7 Å². The van der Waals surface area contributed by atoms with Gasteiger partial charge in [-0.05, 0) is 47.1 Å². The van der Waals surface area contributed by atoms with E-state index in [-0.39, 0.29) is 11.4 Å². The molecule has 2 rings (SSSR count). The van der Waals surface area contributed by atoms with Crippen molar-refractivity contribution in [3.8, 4) is 5.69 Å². The van der Waals surface area contributed by atoms with Gasteiger partial charge in [0, 0.05) is 5.69 Å². The standard InChI is InChI=1S/C10H8BrFN2O/c1-6-9(11)10(15)14(13-6)8-4-2-7(12)3-5-8/h2-5,13H,1H3. The quantitative estimate of drug-likeness (QED) is 0.849. The van der Waals surface area contributed by atoms with Crippen molar-refractivity contribution in [1.29, 1.82) is 0 Å². The number of benzene rings is 1. The summed E-state index contributed by atoms with van der Waals surface area (Å²) in [5.74, 6) is -0.325. The molecule has 0 radical (unpaired) electrons. The van der Waals surface area contributed by atoms with E-state index in [1.165, 1.54) is 16.8 Å². The van der Waals surface area contributed by atoms with Gasteiger partial charge in [0.1, 0.15) is 10.3 Å². The van der Waals surface area contributed by atoms with Gasteiger partial charge in [0.2, 0.25) is 0 Å². The van der Waals surface area contributed by atoms with Gasteiger partial charge < -0.3 is 0 Å². The average Bonchev–Trinajstić information content (AvgIpc) is 2.47. The Hall–Kier alpha value is -1.36. The summed E-state index contributed by atoms with van der Waals surface area (Å²) in [6.07, 6.45) is 0. The lowest BCUT2D eigenvalue weighted by Gasteiger charge is -2.00. The zero-order valence-electron chi connectivity index (χ0n) is 7.92. The number of hydrogen-bond donors (Lipinski definition) is 1. The van der Waals surface area contributed by atoms with Crippen LogP contribution in [-0.2, 0) is 0 Å². The van der Waals surface area contributed by atoms with E-state index >= 15 is 0 Å². The molecule has 0 bridgehead atoms. The third kappa shape index (κ3) is 1.74. The molecule has 0 saturated carbocycles. The fraction of sp³-hybridized carbons (Fsp3) is 0.100. The second kappa shape index (κ2) is 3.66. The Balaban J connectivity index is 2.59. The highest BCUT2D eigenvalue weighted by Gasteiger charge is 2.08. The van der Waals surface area contributed by atoms with Crippen LogP contribution in [0.15, 0.2) is 33.5 Å². The minimum atomic E-state index is -0.325. The topological polar surface area (TPSA) is 37.8 Å². The Kier molecular flexibility index (Phi) is 2.48. The van der Waals surface area contributed by atoms with Crippen LogP contribution in [0.4, 0.5) is 4.39 Å². The van der Waals surface area contributed by atoms with Gasteiger partial charge >= 0.3 is 0 Å².